The quantitative estimate of drug-likeness (QED) is 0.880. The summed E-state index contributed by atoms with van der Waals surface area (Å²) in [5.74, 6) is -0.682. The molecule has 0 amide bonds. The Morgan fingerprint density at radius 2 is 2.05 bits per heavy atom. The minimum Gasteiger partial charge on any atom is -0.495 e. The lowest BCUT2D eigenvalue weighted by Gasteiger charge is -2.28. The molecule has 0 aliphatic heterocycles. The van der Waals surface area contributed by atoms with E-state index in [0.717, 1.165) is 12.8 Å². The van der Waals surface area contributed by atoms with Gasteiger partial charge in [-0.15, -0.1) is 0 Å². The Labute approximate surface area is 111 Å². The van der Waals surface area contributed by atoms with Gasteiger partial charge >= 0.3 is 5.97 Å². The van der Waals surface area contributed by atoms with Crippen molar-refractivity contribution in [3.63, 3.8) is 0 Å². The van der Waals surface area contributed by atoms with Crippen molar-refractivity contribution in [1.29, 1.82) is 0 Å². The van der Waals surface area contributed by atoms with Crippen molar-refractivity contribution in [1.82, 2.24) is 0 Å². The fourth-order valence-electron chi connectivity index (χ4n) is 2.50. The number of carboxylic acids is 1. The second-order valence-electron chi connectivity index (χ2n) is 4.88. The molecule has 104 valence electrons. The molecule has 0 spiro atoms. The van der Waals surface area contributed by atoms with Crippen LogP contribution in [0.25, 0.3) is 0 Å². The van der Waals surface area contributed by atoms with Crippen LogP contribution in [-0.4, -0.2) is 24.2 Å². The summed E-state index contributed by atoms with van der Waals surface area (Å²) in [6.07, 6.45) is 2.86. The number of aliphatic carboxylic acids is 1. The molecule has 0 bridgehead atoms. The maximum atomic E-state index is 13.2. The van der Waals surface area contributed by atoms with E-state index in [2.05, 4.69) is 5.32 Å². The van der Waals surface area contributed by atoms with Gasteiger partial charge in [0.25, 0.3) is 0 Å². The van der Waals surface area contributed by atoms with Gasteiger partial charge in [-0.2, -0.15) is 0 Å². The molecule has 1 aliphatic carbocycles. The van der Waals surface area contributed by atoms with Crippen LogP contribution >= 0.6 is 0 Å². The molecule has 0 aromatic heterocycles. The number of anilines is 1. The molecule has 1 aromatic rings. The van der Waals surface area contributed by atoms with Gasteiger partial charge in [-0.25, -0.2) is 4.39 Å². The van der Waals surface area contributed by atoms with E-state index in [0.29, 0.717) is 24.3 Å². The number of halogens is 1. The number of hydrogen-bond donors (Lipinski definition) is 2. The molecule has 0 saturated heterocycles. The summed E-state index contributed by atoms with van der Waals surface area (Å²) in [6, 6.07) is 4.51. The molecule has 2 N–H and O–H groups in total. The highest BCUT2D eigenvalue weighted by atomic mass is 19.1. The van der Waals surface area contributed by atoms with E-state index in [1.807, 2.05) is 0 Å². The molecule has 1 saturated carbocycles. The highest BCUT2D eigenvalue weighted by molar-refractivity contribution is 5.70. The van der Waals surface area contributed by atoms with Gasteiger partial charge in [0.1, 0.15) is 11.6 Å². The predicted molar refractivity (Wildman–Crippen MR) is 70.0 cm³/mol. The van der Waals surface area contributed by atoms with Crippen LogP contribution in [-0.2, 0) is 4.79 Å². The van der Waals surface area contributed by atoms with Crippen molar-refractivity contribution in [3.05, 3.63) is 24.0 Å². The van der Waals surface area contributed by atoms with Crippen LogP contribution in [0.5, 0.6) is 5.75 Å². The lowest BCUT2D eigenvalue weighted by Crippen LogP contribution is -2.29. The minimum atomic E-state index is -0.721. The zero-order chi connectivity index (χ0) is 13.8. The number of carboxylic acid groups (broad SMARTS) is 1. The number of methoxy groups -OCH3 is 1. The largest absolute Gasteiger partial charge is 0.495 e. The number of hydrogen-bond acceptors (Lipinski definition) is 3. The molecule has 1 aliphatic rings. The van der Waals surface area contributed by atoms with Crippen molar-refractivity contribution < 1.29 is 19.0 Å². The fraction of sp³-hybridized carbons (Fsp3) is 0.500. The van der Waals surface area contributed by atoms with Crippen molar-refractivity contribution in [2.24, 2.45) is 5.92 Å². The third-order valence-electron chi connectivity index (χ3n) is 3.60. The van der Waals surface area contributed by atoms with Gasteiger partial charge < -0.3 is 15.2 Å². The smallest absolute Gasteiger partial charge is 0.306 e. The van der Waals surface area contributed by atoms with Crippen molar-refractivity contribution in [3.8, 4) is 5.75 Å². The van der Waals surface area contributed by atoms with Crippen molar-refractivity contribution >= 4 is 11.7 Å². The first-order valence-corrected chi connectivity index (χ1v) is 6.43. The van der Waals surface area contributed by atoms with E-state index in [-0.39, 0.29) is 17.8 Å². The van der Waals surface area contributed by atoms with E-state index < -0.39 is 5.97 Å². The standard InChI is InChI=1S/C14H18FNO3/c1-19-13-7-4-10(15)8-12(13)16-11-5-2-9(3-6-11)14(17)18/h4,7-9,11,16H,2-3,5-6H2,1H3,(H,17,18). The summed E-state index contributed by atoms with van der Waals surface area (Å²) in [7, 11) is 1.54. The number of nitrogens with one attached hydrogen (secondary N) is 1. The van der Waals surface area contributed by atoms with Gasteiger partial charge in [0.15, 0.2) is 0 Å². The third-order valence-corrected chi connectivity index (χ3v) is 3.60. The van der Waals surface area contributed by atoms with Gasteiger partial charge in [-0.1, -0.05) is 0 Å². The topological polar surface area (TPSA) is 58.6 Å². The Kier molecular flexibility index (Phi) is 4.24. The van der Waals surface area contributed by atoms with Crippen LogP contribution in [0.3, 0.4) is 0 Å². The SMILES string of the molecule is COc1ccc(F)cc1NC1CCC(C(=O)O)CC1. The number of rotatable bonds is 4. The Bertz CT molecular complexity index is 456. The average Bonchev–Trinajstić information content (AvgIpc) is 2.39. The monoisotopic (exact) mass is 267 g/mol. The van der Waals surface area contributed by atoms with Gasteiger partial charge in [0, 0.05) is 12.1 Å². The van der Waals surface area contributed by atoms with Crippen molar-refractivity contribution in [2.45, 2.75) is 31.7 Å². The maximum absolute atomic E-state index is 13.2. The molecule has 1 aromatic carbocycles. The van der Waals surface area contributed by atoms with Crippen LogP contribution in [0, 0.1) is 11.7 Å². The van der Waals surface area contributed by atoms with Gasteiger partial charge in [-0.3, -0.25) is 4.79 Å². The molecule has 4 nitrogen and oxygen atoms in total. The zero-order valence-corrected chi connectivity index (χ0v) is 10.9. The normalized spacial score (nSPS) is 22.8. The number of benzene rings is 1. The number of ether oxygens (including phenoxy) is 1. The van der Waals surface area contributed by atoms with E-state index in [9.17, 15) is 9.18 Å². The van der Waals surface area contributed by atoms with Crippen LogP contribution < -0.4 is 10.1 Å². The first-order valence-electron chi connectivity index (χ1n) is 6.43. The molecule has 0 atom stereocenters. The van der Waals surface area contributed by atoms with Crippen LogP contribution in [0.2, 0.25) is 0 Å². The second kappa shape index (κ2) is 5.91. The molecule has 19 heavy (non-hydrogen) atoms. The number of carbonyl (C=O) groups is 1. The van der Waals surface area contributed by atoms with Crippen LogP contribution in [0.15, 0.2) is 18.2 Å². The first-order chi connectivity index (χ1) is 9.10. The Morgan fingerprint density at radius 1 is 1.37 bits per heavy atom. The van der Waals surface area contributed by atoms with Gasteiger partial charge in [-0.05, 0) is 37.8 Å². The maximum Gasteiger partial charge on any atom is 0.306 e. The molecular weight excluding hydrogens is 249 g/mol. The molecule has 5 heteroatoms. The predicted octanol–water partition coefficient (Wildman–Crippen LogP) is 2.89. The Balaban J connectivity index is 1.99. The van der Waals surface area contributed by atoms with Crippen LogP contribution in [0.4, 0.5) is 10.1 Å². The lowest BCUT2D eigenvalue weighted by molar-refractivity contribution is -0.142. The van der Waals surface area contributed by atoms with E-state index in [1.165, 1.54) is 12.1 Å². The molecule has 0 heterocycles. The van der Waals surface area contributed by atoms with E-state index in [1.54, 1.807) is 13.2 Å². The molecule has 2 rings (SSSR count). The average molecular weight is 267 g/mol. The Hall–Kier alpha value is -1.78. The van der Waals surface area contributed by atoms with Gasteiger partial charge in [0.05, 0.1) is 18.7 Å². The fourth-order valence-corrected chi connectivity index (χ4v) is 2.50. The lowest BCUT2D eigenvalue weighted by atomic mass is 9.86. The molecular formula is C14H18FNO3. The summed E-state index contributed by atoms with van der Waals surface area (Å²) in [5.41, 5.74) is 0.626. The zero-order valence-electron chi connectivity index (χ0n) is 10.9. The Morgan fingerprint density at radius 3 is 2.63 bits per heavy atom. The van der Waals surface area contributed by atoms with E-state index in [4.69, 9.17) is 9.84 Å². The highest BCUT2D eigenvalue weighted by Crippen LogP contribution is 2.30. The molecule has 0 unspecified atom stereocenters. The minimum absolute atomic E-state index is 0.172. The third kappa shape index (κ3) is 3.36. The first kappa shape index (κ1) is 13.6. The second-order valence-corrected chi connectivity index (χ2v) is 4.88. The highest BCUT2D eigenvalue weighted by Gasteiger charge is 2.26. The summed E-state index contributed by atoms with van der Waals surface area (Å²) < 4.78 is 18.4. The summed E-state index contributed by atoms with van der Waals surface area (Å²) in [5, 5.41) is 12.2. The van der Waals surface area contributed by atoms with Gasteiger partial charge in [0.2, 0.25) is 0 Å². The van der Waals surface area contributed by atoms with Crippen molar-refractivity contribution in [2.75, 3.05) is 12.4 Å². The summed E-state index contributed by atoms with van der Waals surface area (Å²) >= 11 is 0. The molecule has 1 fully saturated rings. The summed E-state index contributed by atoms with van der Waals surface area (Å²) in [6.45, 7) is 0. The van der Waals surface area contributed by atoms with E-state index >= 15 is 0 Å². The summed E-state index contributed by atoms with van der Waals surface area (Å²) in [4.78, 5) is 10.9. The van der Waals surface area contributed by atoms with Crippen LogP contribution in [0.1, 0.15) is 25.7 Å². The molecule has 0 radical (unpaired) electrons.